The van der Waals surface area contributed by atoms with Gasteiger partial charge in [0, 0.05) is 0 Å². The lowest BCUT2D eigenvalue weighted by Gasteiger charge is -2.29. The Morgan fingerprint density at radius 3 is 1.11 bits per heavy atom. The van der Waals surface area contributed by atoms with Crippen LogP contribution in [0.5, 0.6) is 0 Å². The molecule has 0 aromatic rings. The third kappa shape index (κ3) is 23.3. The fourth-order valence-electron chi connectivity index (χ4n) is 2.84. The van der Waals surface area contributed by atoms with E-state index in [0.29, 0.717) is 0 Å². The first-order valence-corrected chi connectivity index (χ1v) is 16.2. The number of unbranched alkanes of at least 4 members (excludes halogenated alkanes) is 10. The monoisotopic (exact) mass is 432 g/mol. The van der Waals surface area contributed by atoms with E-state index >= 15 is 0 Å². The van der Waals surface area contributed by atoms with E-state index in [1.54, 1.807) is 0 Å². The molecule has 0 saturated carbocycles. The Kier molecular flexibility index (Phi) is 20.6. The van der Waals surface area contributed by atoms with Crippen LogP contribution in [0.1, 0.15) is 90.9 Å². The van der Waals surface area contributed by atoms with Crippen molar-refractivity contribution in [2.24, 2.45) is 0 Å². The normalized spacial score (nSPS) is 12.1. The second-order valence-electron chi connectivity index (χ2n) is 8.45. The Hall–Kier alpha value is -0.720. The Morgan fingerprint density at radius 1 is 0.536 bits per heavy atom. The Labute approximate surface area is 180 Å². The van der Waals surface area contributed by atoms with E-state index in [9.17, 15) is 0 Å². The average molecular weight is 433 g/mol. The molecular weight excluding hydrogens is 384 g/mol. The van der Waals surface area contributed by atoms with Crippen molar-refractivity contribution in [2.75, 3.05) is 36.5 Å². The summed E-state index contributed by atoms with van der Waals surface area (Å²) in [5.41, 5.74) is 0. The van der Waals surface area contributed by atoms with E-state index < -0.39 is 20.4 Å². The molecule has 0 fully saturated rings. The van der Waals surface area contributed by atoms with Gasteiger partial charge in [0.15, 0.2) is 12.4 Å². The topological polar surface area (TPSA) is 71.6 Å². The molecule has 0 aromatic carbocycles. The lowest BCUT2D eigenvalue weighted by Crippen LogP contribution is -2.16. The maximum Gasteiger partial charge on any atom is 0.186 e. The van der Waals surface area contributed by atoms with Crippen molar-refractivity contribution in [3.05, 3.63) is 0 Å². The SMILES string of the molecule is CCCCCCCCS(C)(C)NC#N.CCCCCCCCS(C)(C)NC#N. The fourth-order valence-corrected chi connectivity index (χ4v) is 5.39. The molecule has 0 rings (SSSR count). The van der Waals surface area contributed by atoms with Gasteiger partial charge in [-0.2, -0.15) is 31.0 Å². The van der Waals surface area contributed by atoms with E-state index in [4.69, 9.17) is 10.5 Å². The van der Waals surface area contributed by atoms with Gasteiger partial charge in [-0.25, -0.2) is 0 Å². The van der Waals surface area contributed by atoms with Crippen LogP contribution in [-0.4, -0.2) is 36.5 Å². The van der Waals surface area contributed by atoms with Gasteiger partial charge in [0.05, 0.1) is 0 Å². The molecule has 0 bridgehead atoms. The minimum atomic E-state index is -0.836. The lowest BCUT2D eigenvalue weighted by atomic mass is 10.1. The summed E-state index contributed by atoms with van der Waals surface area (Å²) in [6.07, 6.45) is 28.8. The van der Waals surface area contributed by atoms with Gasteiger partial charge >= 0.3 is 0 Å². The highest BCUT2D eigenvalue weighted by Crippen LogP contribution is 2.36. The number of nitrogens with one attached hydrogen (secondary N) is 2. The first kappa shape index (κ1) is 29.5. The van der Waals surface area contributed by atoms with Gasteiger partial charge in [-0.1, -0.05) is 78.1 Å². The molecule has 2 N–H and O–H groups in total. The zero-order chi connectivity index (χ0) is 21.7. The van der Waals surface area contributed by atoms with Crippen molar-refractivity contribution < 1.29 is 0 Å². The maximum absolute atomic E-state index is 8.53. The summed E-state index contributed by atoms with van der Waals surface area (Å²) in [7, 11) is -1.67. The van der Waals surface area contributed by atoms with Crippen LogP contribution in [-0.2, 0) is 0 Å². The number of hydrogen-bond donors (Lipinski definition) is 2. The summed E-state index contributed by atoms with van der Waals surface area (Å²) in [4.78, 5) is 0. The van der Waals surface area contributed by atoms with Crippen LogP contribution >= 0.6 is 20.4 Å². The first-order chi connectivity index (χ1) is 13.2. The molecular formula is C22H48N4S2. The molecule has 6 heteroatoms. The summed E-state index contributed by atoms with van der Waals surface area (Å²) < 4.78 is 5.83. The van der Waals surface area contributed by atoms with Crippen LogP contribution in [0.2, 0.25) is 0 Å². The molecule has 0 radical (unpaired) electrons. The van der Waals surface area contributed by atoms with Gasteiger partial charge < -0.3 is 0 Å². The number of rotatable bonds is 16. The van der Waals surface area contributed by atoms with Crippen molar-refractivity contribution >= 4 is 20.4 Å². The minimum absolute atomic E-state index is 0.836. The highest BCUT2D eigenvalue weighted by atomic mass is 32.3. The van der Waals surface area contributed by atoms with Crippen LogP contribution in [0, 0.1) is 22.9 Å². The van der Waals surface area contributed by atoms with Crippen LogP contribution in [0.3, 0.4) is 0 Å². The molecule has 0 spiro atoms. The molecule has 0 heterocycles. The third-order valence-corrected chi connectivity index (χ3v) is 8.57. The van der Waals surface area contributed by atoms with Gasteiger partial charge in [0.2, 0.25) is 0 Å². The van der Waals surface area contributed by atoms with Crippen LogP contribution < -0.4 is 9.44 Å². The lowest BCUT2D eigenvalue weighted by molar-refractivity contribution is 0.626. The second kappa shape index (κ2) is 19.6. The zero-order valence-electron chi connectivity index (χ0n) is 19.6. The average Bonchev–Trinajstić information content (AvgIpc) is 2.61. The van der Waals surface area contributed by atoms with Gasteiger partial charge in [-0.3, -0.25) is 9.44 Å². The van der Waals surface area contributed by atoms with Gasteiger partial charge in [0.25, 0.3) is 0 Å². The fraction of sp³-hybridized carbons (Fsp3) is 0.909. The van der Waals surface area contributed by atoms with Crippen LogP contribution in [0.15, 0.2) is 0 Å². The number of nitrogens with zero attached hydrogens (tertiary/aromatic N) is 2. The third-order valence-electron chi connectivity index (χ3n) is 4.66. The zero-order valence-corrected chi connectivity index (χ0v) is 21.2. The molecule has 0 aliphatic carbocycles. The van der Waals surface area contributed by atoms with Gasteiger partial charge in [0.1, 0.15) is 0 Å². The highest BCUT2D eigenvalue weighted by Gasteiger charge is 2.09. The number of hydrogen-bond acceptors (Lipinski definition) is 4. The summed E-state index contributed by atoms with van der Waals surface area (Å²) in [6, 6.07) is 0. The van der Waals surface area contributed by atoms with Crippen molar-refractivity contribution in [2.45, 2.75) is 90.9 Å². The van der Waals surface area contributed by atoms with Gasteiger partial charge in [-0.05, 0) is 49.4 Å². The minimum Gasteiger partial charge on any atom is -0.286 e. The van der Waals surface area contributed by atoms with E-state index in [1.807, 2.05) is 0 Å². The maximum atomic E-state index is 8.53. The quantitative estimate of drug-likeness (QED) is 0.160. The summed E-state index contributed by atoms with van der Waals surface area (Å²) in [5.74, 6) is 2.35. The molecule has 4 nitrogen and oxygen atoms in total. The molecule has 0 amide bonds. The predicted molar refractivity (Wildman–Crippen MR) is 133 cm³/mol. The van der Waals surface area contributed by atoms with E-state index in [-0.39, 0.29) is 0 Å². The summed E-state index contributed by atoms with van der Waals surface area (Å²) >= 11 is 0. The van der Waals surface area contributed by atoms with E-state index in [0.717, 1.165) is 0 Å². The molecule has 0 atom stereocenters. The smallest absolute Gasteiger partial charge is 0.186 e. The van der Waals surface area contributed by atoms with Crippen molar-refractivity contribution in [3.63, 3.8) is 0 Å². The van der Waals surface area contributed by atoms with E-state index in [1.165, 1.54) is 88.6 Å². The Morgan fingerprint density at radius 2 is 0.821 bits per heavy atom. The van der Waals surface area contributed by atoms with Crippen molar-refractivity contribution in [1.82, 2.24) is 9.44 Å². The largest absolute Gasteiger partial charge is 0.286 e. The molecule has 0 saturated heterocycles. The van der Waals surface area contributed by atoms with Crippen molar-refractivity contribution in [1.29, 1.82) is 10.5 Å². The highest BCUT2D eigenvalue weighted by molar-refractivity contribution is 8.31. The molecule has 0 aliphatic heterocycles. The molecule has 168 valence electrons. The summed E-state index contributed by atoms with van der Waals surface area (Å²) in [6.45, 7) is 4.48. The van der Waals surface area contributed by atoms with E-state index in [2.05, 4.69) is 60.7 Å². The van der Waals surface area contributed by atoms with Gasteiger partial charge in [-0.15, -0.1) is 0 Å². The molecule has 0 aromatic heterocycles. The first-order valence-electron chi connectivity index (χ1n) is 11.0. The predicted octanol–water partition coefficient (Wildman–Crippen LogP) is 6.79. The van der Waals surface area contributed by atoms with Crippen LogP contribution in [0.4, 0.5) is 0 Å². The van der Waals surface area contributed by atoms with Crippen LogP contribution in [0.25, 0.3) is 0 Å². The Balaban J connectivity index is 0. The molecule has 0 unspecified atom stereocenters. The summed E-state index contributed by atoms with van der Waals surface area (Å²) in [5, 5.41) is 17.1. The van der Waals surface area contributed by atoms with Crippen molar-refractivity contribution in [3.8, 4) is 12.4 Å². The Bertz CT molecular complexity index is 385. The molecule has 28 heavy (non-hydrogen) atoms. The second-order valence-corrected chi connectivity index (χ2v) is 15.8. The number of nitriles is 2. The standard InChI is InChI=1S/2C11H24N2S/c2*1-4-5-6-7-8-9-10-14(2,3)13-11-12/h2*13H,4-10H2,1-3H3. The molecule has 0 aliphatic rings.